The van der Waals surface area contributed by atoms with Gasteiger partial charge in [-0.3, -0.25) is 14.4 Å². The van der Waals surface area contributed by atoms with Gasteiger partial charge in [0.05, 0.1) is 12.2 Å². The molecule has 9 heteroatoms. The molecule has 0 saturated carbocycles. The summed E-state index contributed by atoms with van der Waals surface area (Å²) in [6.45, 7) is 1.79. The fourth-order valence-corrected chi connectivity index (χ4v) is 2.76. The number of anilines is 2. The first-order chi connectivity index (χ1) is 15.4. The van der Waals surface area contributed by atoms with Crippen molar-refractivity contribution in [3.63, 3.8) is 0 Å². The van der Waals surface area contributed by atoms with Gasteiger partial charge in [0.15, 0.2) is 6.61 Å². The first-order valence-corrected chi connectivity index (χ1v) is 10.5. The number of carbonyl (C=O) groups is 4. The molecule has 2 rings (SSSR count). The lowest BCUT2D eigenvalue weighted by Gasteiger charge is -2.08. The molecule has 0 aliphatic carbocycles. The van der Waals surface area contributed by atoms with E-state index in [9.17, 15) is 19.2 Å². The predicted octanol–water partition coefficient (Wildman–Crippen LogP) is 4.20. The Morgan fingerprint density at radius 1 is 0.875 bits per heavy atom. The van der Waals surface area contributed by atoms with Crippen molar-refractivity contribution in [3.8, 4) is 0 Å². The van der Waals surface area contributed by atoms with Crippen molar-refractivity contribution in [2.24, 2.45) is 0 Å². The molecule has 0 spiro atoms. The highest BCUT2D eigenvalue weighted by molar-refractivity contribution is 6.30. The molecule has 0 bridgehead atoms. The molecule has 2 aromatic carbocycles. The molecule has 0 aliphatic heterocycles. The lowest BCUT2D eigenvalue weighted by molar-refractivity contribution is -0.147. The maximum absolute atomic E-state index is 11.9. The average Bonchev–Trinajstić information content (AvgIpc) is 2.76. The molecule has 2 N–H and O–H groups in total. The molecular formula is C23H25ClN2O6. The Morgan fingerprint density at radius 3 is 2.28 bits per heavy atom. The first-order valence-electron chi connectivity index (χ1n) is 10.2. The van der Waals surface area contributed by atoms with Crippen molar-refractivity contribution >= 4 is 46.7 Å². The van der Waals surface area contributed by atoms with Gasteiger partial charge in [0.2, 0.25) is 5.91 Å². The van der Waals surface area contributed by atoms with Gasteiger partial charge in [0.1, 0.15) is 0 Å². The topological polar surface area (TPSA) is 111 Å². The zero-order valence-electron chi connectivity index (χ0n) is 17.7. The Hall–Kier alpha value is -3.39. The van der Waals surface area contributed by atoms with E-state index in [1.54, 1.807) is 36.4 Å². The minimum Gasteiger partial charge on any atom is -0.462 e. The number of carbonyl (C=O) groups excluding carboxylic acids is 4. The van der Waals surface area contributed by atoms with Crippen molar-refractivity contribution in [1.82, 2.24) is 0 Å². The summed E-state index contributed by atoms with van der Waals surface area (Å²) in [4.78, 5) is 47.4. The van der Waals surface area contributed by atoms with Crippen molar-refractivity contribution in [2.45, 2.75) is 32.6 Å². The quantitative estimate of drug-likeness (QED) is 0.486. The van der Waals surface area contributed by atoms with Crippen LogP contribution in [-0.2, 0) is 23.9 Å². The molecule has 0 unspecified atom stereocenters. The second kappa shape index (κ2) is 13.1. The van der Waals surface area contributed by atoms with Gasteiger partial charge < -0.3 is 20.1 Å². The molecule has 0 radical (unpaired) electrons. The normalized spacial score (nSPS) is 10.2. The van der Waals surface area contributed by atoms with Crippen LogP contribution >= 0.6 is 11.6 Å². The van der Waals surface area contributed by atoms with Crippen molar-refractivity contribution < 1.29 is 28.7 Å². The molecule has 0 aliphatic rings. The number of rotatable bonds is 11. The van der Waals surface area contributed by atoms with Gasteiger partial charge in [-0.2, -0.15) is 0 Å². The van der Waals surface area contributed by atoms with E-state index < -0.39 is 24.5 Å². The van der Waals surface area contributed by atoms with Gasteiger partial charge in [-0.15, -0.1) is 0 Å². The van der Waals surface area contributed by atoms with Crippen LogP contribution in [0.4, 0.5) is 11.4 Å². The number of nitrogens with one attached hydrogen (secondary N) is 2. The average molecular weight is 461 g/mol. The summed E-state index contributed by atoms with van der Waals surface area (Å²) >= 11 is 5.86. The van der Waals surface area contributed by atoms with E-state index >= 15 is 0 Å². The lowest BCUT2D eigenvalue weighted by atomic mass is 10.2. The monoisotopic (exact) mass is 460 g/mol. The Morgan fingerprint density at radius 2 is 1.59 bits per heavy atom. The third kappa shape index (κ3) is 9.18. The summed E-state index contributed by atoms with van der Waals surface area (Å²) in [6, 6.07) is 12.9. The van der Waals surface area contributed by atoms with Gasteiger partial charge in [0, 0.05) is 29.2 Å². The minimum absolute atomic E-state index is 0.00478. The largest absolute Gasteiger partial charge is 0.462 e. The van der Waals surface area contributed by atoms with Crippen LogP contribution in [0.2, 0.25) is 5.02 Å². The number of amides is 2. The number of halogens is 1. The molecule has 2 aromatic rings. The number of esters is 2. The maximum Gasteiger partial charge on any atom is 0.338 e. The first kappa shape index (κ1) is 24.9. The number of hydrogen-bond acceptors (Lipinski definition) is 6. The predicted molar refractivity (Wildman–Crippen MR) is 121 cm³/mol. The van der Waals surface area contributed by atoms with Gasteiger partial charge in [0.25, 0.3) is 5.91 Å². The van der Waals surface area contributed by atoms with Crippen LogP contribution in [0.15, 0.2) is 48.5 Å². The minimum atomic E-state index is -0.579. The number of hydrogen-bond donors (Lipinski definition) is 2. The standard InChI is InChI=1S/C23H25ClN2O6/c1-2-13-31-23(30)16-9-11-18(12-10-16)25-21(28)15-32-22(29)8-4-7-20(27)26-19-6-3-5-17(24)14-19/h3,5-6,9-12,14H,2,4,7-8,13,15H2,1H3,(H,25,28)(H,26,27). The van der Waals surface area contributed by atoms with E-state index in [2.05, 4.69) is 10.6 Å². The van der Waals surface area contributed by atoms with Gasteiger partial charge >= 0.3 is 11.9 Å². The summed E-state index contributed by atoms with van der Waals surface area (Å²) in [5, 5.41) is 5.77. The van der Waals surface area contributed by atoms with Crippen LogP contribution in [0.25, 0.3) is 0 Å². The Kier molecular flexibility index (Phi) is 10.2. The SMILES string of the molecule is CCCOC(=O)c1ccc(NC(=O)COC(=O)CCCC(=O)Nc2cccc(Cl)c2)cc1. The molecule has 0 atom stereocenters. The molecule has 8 nitrogen and oxygen atoms in total. The summed E-state index contributed by atoms with van der Waals surface area (Å²) < 4.78 is 9.95. The van der Waals surface area contributed by atoms with Crippen LogP contribution in [0, 0.1) is 0 Å². The summed E-state index contributed by atoms with van der Waals surface area (Å²) in [7, 11) is 0. The Balaban J connectivity index is 1.64. The van der Waals surface area contributed by atoms with E-state index in [1.807, 2.05) is 6.92 Å². The van der Waals surface area contributed by atoms with E-state index in [0.717, 1.165) is 6.42 Å². The fourth-order valence-electron chi connectivity index (χ4n) is 2.57. The molecule has 0 saturated heterocycles. The fraction of sp³-hybridized carbons (Fsp3) is 0.304. The van der Waals surface area contributed by atoms with Crippen LogP contribution in [-0.4, -0.2) is 37.0 Å². The van der Waals surface area contributed by atoms with E-state index in [0.29, 0.717) is 28.6 Å². The zero-order chi connectivity index (χ0) is 23.3. The van der Waals surface area contributed by atoms with Crippen molar-refractivity contribution in [1.29, 1.82) is 0 Å². The molecular weight excluding hydrogens is 436 g/mol. The second-order valence-electron chi connectivity index (χ2n) is 6.83. The third-order valence-electron chi connectivity index (χ3n) is 4.10. The highest BCUT2D eigenvalue weighted by atomic mass is 35.5. The van der Waals surface area contributed by atoms with Crippen LogP contribution in [0.1, 0.15) is 43.0 Å². The number of ether oxygens (including phenoxy) is 2. The van der Waals surface area contributed by atoms with E-state index in [-0.39, 0.29) is 25.2 Å². The lowest BCUT2D eigenvalue weighted by Crippen LogP contribution is -2.21. The van der Waals surface area contributed by atoms with E-state index in [1.165, 1.54) is 12.1 Å². The summed E-state index contributed by atoms with van der Waals surface area (Å²) in [5.74, 6) is -1.78. The molecule has 0 fully saturated rings. The van der Waals surface area contributed by atoms with Gasteiger partial charge in [-0.1, -0.05) is 24.6 Å². The highest BCUT2D eigenvalue weighted by Crippen LogP contribution is 2.15. The molecule has 0 aromatic heterocycles. The molecule has 0 heterocycles. The van der Waals surface area contributed by atoms with Gasteiger partial charge in [-0.25, -0.2) is 4.79 Å². The smallest absolute Gasteiger partial charge is 0.338 e. The van der Waals surface area contributed by atoms with Crippen LogP contribution in [0.5, 0.6) is 0 Å². The van der Waals surface area contributed by atoms with E-state index in [4.69, 9.17) is 21.1 Å². The third-order valence-corrected chi connectivity index (χ3v) is 4.33. The van der Waals surface area contributed by atoms with Crippen molar-refractivity contribution in [3.05, 3.63) is 59.1 Å². The summed E-state index contributed by atoms with van der Waals surface area (Å²) in [5.41, 5.74) is 1.41. The van der Waals surface area contributed by atoms with Crippen LogP contribution < -0.4 is 10.6 Å². The highest BCUT2D eigenvalue weighted by Gasteiger charge is 2.11. The molecule has 170 valence electrons. The van der Waals surface area contributed by atoms with Gasteiger partial charge in [-0.05, 0) is 55.3 Å². The van der Waals surface area contributed by atoms with Crippen LogP contribution in [0.3, 0.4) is 0 Å². The summed E-state index contributed by atoms with van der Waals surface area (Å²) in [6.07, 6.45) is 1.14. The zero-order valence-corrected chi connectivity index (χ0v) is 18.4. The molecule has 2 amide bonds. The molecule has 32 heavy (non-hydrogen) atoms. The maximum atomic E-state index is 11.9. The Labute approximate surface area is 191 Å². The van der Waals surface area contributed by atoms with Crippen molar-refractivity contribution in [2.75, 3.05) is 23.8 Å². The Bertz CT molecular complexity index is 946. The second-order valence-corrected chi connectivity index (χ2v) is 7.27. The number of benzene rings is 2.